The minimum atomic E-state index is -3.85. The van der Waals surface area contributed by atoms with Gasteiger partial charge in [0.1, 0.15) is 0 Å². The van der Waals surface area contributed by atoms with Crippen molar-refractivity contribution in [2.45, 2.75) is 37.6 Å². The Morgan fingerprint density at radius 3 is 2.43 bits per heavy atom. The molecular formula is C21H26N2O5S2. The molecule has 3 rings (SSSR count). The van der Waals surface area contributed by atoms with E-state index in [4.69, 9.17) is 4.74 Å². The summed E-state index contributed by atoms with van der Waals surface area (Å²) in [6.07, 6.45) is 1.86. The van der Waals surface area contributed by atoms with Crippen LogP contribution in [0.5, 0.6) is 0 Å². The minimum absolute atomic E-state index is 0.0160. The molecule has 1 N–H and O–H groups in total. The number of rotatable bonds is 7. The molecular weight excluding hydrogens is 424 g/mol. The summed E-state index contributed by atoms with van der Waals surface area (Å²) in [7, 11) is -2.63. The highest BCUT2D eigenvalue weighted by molar-refractivity contribution is 7.89. The summed E-state index contributed by atoms with van der Waals surface area (Å²) in [6.45, 7) is 3.05. The number of ether oxygens (including phenoxy) is 1. The van der Waals surface area contributed by atoms with E-state index >= 15 is 0 Å². The second-order valence-electron chi connectivity index (χ2n) is 7.11. The molecule has 2 heterocycles. The van der Waals surface area contributed by atoms with Crippen LogP contribution in [-0.4, -0.2) is 44.8 Å². The number of hydrogen-bond acceptors (Lipinski definition) is 6. The van der Waals surface area contributed by atoms with Crippen LogP contribution in [-0.2, 0) is 32.5 Å². The first-order valence-electron chi connectivity index (χ1n) is 9.89. The first-order valence-corrected chi connectivity index (χ1v) is 12.1. The maximum atomic E-state index is 13.1. The summed E-state index contributed by atoms with van der Waals surface area (Å²) in [5.74, 6) is -0.963. The zero-order valence-corrected chi connectivity index (χ0v) is 18.7. The number of amides is 1. The molecule has 7 nitrogen and oxygen atoms in total. The van der Waals surface area contributed by atoms with Crippen LogP contribution in [0.15, 0.2) is 41.3 Å². The zero-order chi connectivity index (χ0) is 21.7. The largest absolute Gasteiger partial charge is 0.465 e. The Morgan fingerprint density at radius 2 is 1.80 bits per heavy atom. The number of esters is 1. The number of carbonyl (C=O) groups is 2. The molecule has 0 bridgehead atoms. The SMILES string of the molecule is CCc1ccc(CNC(=O)C2CCN(S(=O)(=O)c3ccccc3C(=O)OC)CC2)s1. The van der Waals surface area contributed by atoms with E-state index in [1.165, 1.54) is 28.4 Å². The maximum absolute atomic E-state index is 13.1. The molecule has 0 unspecified atom stereocenters. The summed E-state index contributed by atoms with van der Waals surface area (Å²) >= 11 is 1.69. The summed E-state index contributed by atoms with van der Waals surface area (Å²) in [4.78, 5) is 26.8. The normalized spacial score (nSPS) is 15.7. The predicted octanol–water partition coefficient (Wildman–Crippen LogP) is 2.81. The van der Waals surface area contributed by atoms with Crippen molar-refractivity contribution in [3.05, 3.63) is 51.7 Å². The highest BCUT2D eigenvalue weighted by Crippen LogP contribution is 2.26. The molecule has 0 atom stereocenters. The number of nitrogens with zero attached hydrogens (tertiary/aromatic N) is 1. The maximum Gasteiger partial charge on any atom is 0.339 e. The molecule has 1 aromatic carbocycles. The molecule has 0 aliphatic carbocycles. The molecule has 0 saturated carbocycles. The second kappa shape index (κ2) is 9.72. The number of nitrogens with one attached hydrogen (secondary N) is 1. The Balaban J connectivity index is 1.61. The Kier molecular flexibility index (Phi) is 7.27. The van der Waals surface area contributed by atoms with E-state index in [0.717, 1.165) is 11.3 Å². The number of carbonyl (C=O) groups excluding carboxylic acids is 2. The lowest BCUT2D eigenvalue weighted by Crippen LogP contribution is -2.43. The van der Waals surface area contributed by atoms with Crippen molar-refractivity contribution in [1.82, 2.24) is 9.62 Å². The number of thiophene rings is 1. The van der Waals surface area contributed by atoms with Crippen LogP contribution < -0.4 is 5.32 Å². The van der Waals surface area contributed by atoms with E-state index in [1.807, 2.05) is 6.07 Å². The van der Waals surface area contributed by atoms with Crippen LogP contribution >= 0.6 is 11.3 Å². The van der Waals surface area contributed by atoms with Gasteiger partial charge in [-0.25, -0.2) is 13.2 Å². The molecule has 30 heavy (non-hydrogen) atoms. The first-order chi connectivity index (χ1) is 14.4. The van der Waals surface area contributed by atoms with Gasteiger partial charge in [-0.3, -0.25) is 4.79 Å². The van der Waals surface area contributed by atoms with Gasteiger partial charge in [-0.05, 0) is 43.5 Å². The highest BCUT2D eigenvalue weighted by atomic mass is 32.2. The molecule has 0 spiro atoms. The Bertz CT molecular complexity index is 1010. The molecule has 1 aliphatic rings. The van der Waals surface area contributed by atoms with E-state index in [1.54, 1.807) is 23.5 Å². The molecule has 0 radical (unpaired) electrons. The third-order valence-corrected chi connectivity index (χ3v) is 8.42. The number of aryl methyl sites for hydroxylation is 1. The number of methoxy groups -OCH3 is 1. The Labute approximate surface area is 181 Å². The van der Waals surface area contributed by atoms with Crippen molar-refractivity contribution >= 4 is 33.2 Å². The van der Waals surface area contributed by atoms with Gasteiger partial charge >= 0.3 is 5.97 Å². The van der Waals surface area contributed by atoms with Gasteiger partial charge in [0.2, 0.25) is 15.9 Å². The van der Waals surface area contributed by atoms with Crippen LogP contribution in [0.4, 0.5) is 0 Å². The molecule has 162 valence electrons. The number of hydrogen-bond donors (Lipinski definition) is 1. The first kappa shape index (κ1) is 22.5. The van der Waals surface area contributed by atoms with Gasteiger partial charge < -0.3 is 10.1 Å². The average Bonchev–Trinajstić information content (AvgIpc) is 3.25. The van der Waals surface area contributed by atoms with E-state index in [2.05, 4.69) is 18.3 Å². The standard InChI is InChI=1S/C21H26N2O5S2/c1-3-16-8-9-17(29-16)14-22-20(24)15-10-12-23(13-11-15)30(26,27)19-7-5-4-6-18(19)21(25)28-2/h4-9,15H,3,10-14H2,1-2H3,(H,22,24). The minimum Gasteiger partial charge on any atom is -0.465 e. The second-order valence-corrected chi connectivity index (χ2v) is 10.3. The third kappa shape index (κ3) is 4.91. The van der Waals surface area contributed by atoms with Crippen molar-refractivity contribution in [2.24, 2.45) is 5.92 Å². The van der Waals surface area contributed by atoms with Gasteiger partial charge in [0.05, 0.1) is 24.1 Å². The van der Waals surface area contributed by atoms with E-state index in [0.29, 0.717) is 19.4 Å². The number of benzene rings is 1. The van der Waals surface area contributed by atoms with Crippen LogP contribution in [0.25, 0.3) is 0 Å². The molecule has 1 fully saturated rings. The van der Waals surface area contributed by atoms with Crippen LogP contribution in [0.1, 0.15) is 39.9 Å². The topological polar surface area (TPSA) is 92.8 Å². The molecule has 2 aromatic rings. The van der Waals surface area contributed by atoms with Gasteiger partial charge in [-0.1, -0.05) is 19.1 Å². The van der Waals surface area contributed by atoms with Crippen LogP contribution in [0.3, 0.4) is 0 Å². The van der Waals surface area contributed by atoms with Crippen molar-refractivity contribution in [1.29, 1.82) is 0 Å². The van der Waals surface area contributed by atoms with Gasteiger partial charge in [-0.15, -0.1) is 11.3 Å². The summed E-state index contributed by atoms with van der Waals surface area (Å²) in [5.41, 5.74) is 0.0160. The quantitative estimate of drug-likeness (QED) is 0.655. The zero-order valence-electron chi connectivity index (χ0n) is 17.1. The van der Waals surface area contributed by atoms with Gasteiger partial charge in [0.15, 0.2) is 0 Å². The van der Waals surface area contributed by atoms with E-state index in [-0.39, 0.29) is 35.4 Å². The lowest BCUT2D eigenvalue weighted by Gasteiger charge is -2.30. The summed E-state index contributed by atoms with van der Waals surface area (Å²) < 4.78 is 32.2. The Hall–Kier alpha value is -2.23. The van der Waals surface area contributed by atoms with Crippen LogP contribution in [0.2, 0.25) is 0 Å². The molecule has 1 aliphatic heterocycles. The average molecular weight is 451 g/mol. The molecule has 1 aromatic heterocycles. The van der Waals surface area contributed by atoms with Crippen molar-refractivity contribution in [2.75, 3.05) is 20.2 Å². The van der Waals surface area contributed by atoms with Gasteiger partial charge in [0.25, 0.3) is 0 Å². The summed E-state index contributed by atoms with van der Waals surface area (Å²) in [5, 5.41) is 2.97. The smallest absolute Gasteiger partial charge is 0.339 e. The highest BCUT2D eigenvalue weighted by Gasteiger charge is 2.34. The van der Waals surface area contributed by atoms with Gasteiger partial charge in [-0.2, -0.15) is 4.31 Å². The molecule has 9 heteroatoms. The molecule has 1 amide bonds. The van der Waals surface area contributed by atoms with E-state index in [9.17, 15) is 18.0 Å². The van der Waals surface area contributed by atoms with Crippen molar-refractivity contribution in [3.63, 3.8) is 0 Å². The summed E-state index contributed by atoms with van der Waals surface area (Å²) in [6, 6.07) is 10.1. The van der Waals surface area contributed by atoms with Gasteiger partial charge in [0, 0.05) is 28.8 Å². The fourth-order valence-corrected chi connectivity index (χ4v) is 6.04. The van der Waals surface area contributed by atoms with Crippen molar-refractivity contribution < 1.29 is 22.7 Å². The van der Waals surface area contributed by atoms with Crippen molar-refractivity contribution in [3.8, 4) is 0 Å². The monoisotopic (exact) mass is 450 g/mol. The molecule has 1 saturated heterocycles. The van der Waals surface area contributed by atoms with E-state index < -0.39 is 16.0 Å². The fraction of sp³-hybridized carbons (Fsp3) is 0.429. The number of piperidine rings is 1. The fourth-order valence-electron chi connectivity index (χ4n) is 3.49. The lowest BCUT2D eigenvalue weighted by atomic mass is 9.97. The third-order valence-electron chi connectivity index (χ3n) is 5.24. The van der Waals surface area contributed by atoms with Crippen LogP contribution in [0, 0.1) is 5.92 Å². The lowest BCUT2D eigenvalue weighted by molar-refractivity contribution is -0.126. The number of sulfonamides is 1. The predicted molar refractivity (Wildman–Crippen MR) is 115 cm³/mol. The Morgan fingerprint density at radius 1 is 1.13 bits per heavy atom.